The van der Waals surface area contributed by atoms with E-state index >= 15 is 0 Å². The summed E-state index contributed by atoms with van der Waals surface area (Å²) in [4.78, 5) is 18.5. The third kappa shape index (κ3) is 3.54. The first-order valence-electron chi connectivity index (χ1n) is 7.43. The van der Waals surface area contributed by atoms with Crippen LogP contribution < -0.4 is 0 Å². The molecule has 1 aromatic heterocycles. The molecule has 116 valence electrons. The normalized spacial score (nSPS) is 16.0. The predicted molar refractivity (Wildman–Crippen MR) is 87.5 cm³/mol. The van der Waals surface area contributed by atoms with E-state index in [0.29, 0.717) is 6.42 Å². The highest BCUT2D eigenvalue weighted by atomic mass is 32.1. The molecule has 1 saturated heterocycles. The number of amides is 1. The zero-order valence-electron chi connectivity index (χ0n) is 12.6. The quantitative estimate of drug-likeness (QED) is 0.869. The number of benzene rings is 1. The number of nitrogens with zero attached hydrogens (tertiary/aromatic N) is 2. The Morgan fingerprint density at radius 1 is 1.18 bits per heavy atom. The van der Waals surface area contributed by atoms with E-state index in [4.69, 9.17) is 0 Å². The third-order valence-corrected chi connectivity index (χ3v) is 5.09. The van der Waals surface area contributed by atoms with E-state index in [9.17, 15) is 9.18 Å². The Labute approximate surface area is 134 Å². The van der Waals surface area contributed by atoms with E-state index in [0.717, 1.165) is 41.5 Å². The van der Waals surface area contributed by atoms with Crippen LogP contribution in [0.15, 0.2) is 36.4 Å². The van der Waals surface area contributed by atoms with Crippen LogP contribution in [0.1, 0.15) is 4.88 Å². The van der Waals surface area contributed by atoms with Crippen molar-refractivity contribution < 1.29 is 9.18 Å². The lowest BCUT2D eigenvalue weighted by atomic mass is 10.2. The van der Waals surface area contributed by atoms with Gasteiger partial charge in [-0.1, -0.05) is 12.1 Å². The van der Waals surface area contributed by atoms with Crippen LogP contribution in [0.2, 0.25) is 0 Å². The minimum absolute atomic E-state index is 0.181. The van der Waals surface area contributed by atoms with Gasteiger partial charge in [0.2, 0.25) is 5.91 Å². The van der Waals surface area contributed by atoms with Crippen molar-refractivity contribution in [2.75, 3.05) is 33.2 Å². The smallest absolute Gasteiger partial charge is 0.227 e. The summed E-state index contributed by atoms with van der Waals surface area (Å²) in [6.45, 7) is 3.48. The average Bonchev–Trinajstić information content (AvgIpc) is 2.96. The lowest BCUT2D eigenvalue weighted by Gasteiger charge is -2.32. The number of piperazine rings is 1. The molecule has 0 N–H and O–H groups in total. The molecule has 3 rings (SSSR count). The highest BCUT2D eigenvalue weighted by Gasteiger charge is 2.19. The first-order chi connectivity index (χ1) is 10.6. The van der Waals surface area contributed by atoms with Crippen molar-refractivity contribution in [3.63, 3.8) is 0 Å². The zero-order valence-corrected chi connectivity index (χ0v) is 13.4. The van der Waals surface area contributed by atoms with Crippen molar-refractivity contribution in [1.82, 2.24) is 9.80 Å². The van der Waals surface area contributed by atoms with Crippen molar-refractivity contribution in [2.45, 2.75) is 6.42 Å². The van der Waals surface area contributed by atoms with Gasteiger partial charge in [0.25, 0.3) is 0 Å². The number of carbonyl (C=O) groups excluding carboxylic acids is 1. The largest absolute Gasteiger partial charge is 0.340 e. The van der Waals surface area contributed by atoms with Crippen molar-refractivity contribution in [1.29, 1.82) is 0 Å². The Morgan fingerprint density at radius 3 is 2.68 bits per heavy atom. The van der Waals surface area contributed by atoms with E-state index < -0.39 is 0 Å². The van der Waals surface area contributed by atoms with Gasteiger partial charge in [-0.05, 0) is 36.9 Å². The van der Waals surface area contributed by atoms with E-state index in [1.165, 1.54) is 12.1 Å². The van der Waals surface area contributed by atoms with Crippen molar-refractivity contribution >= 4 is 17.2 Å². The fourth-order valence-corrected chi connectivity index (χ4v) is 3.58. The predicted octanol–water partition coefficient (Wildman–Crippen LogP) is 2.87. The second-order valence-corrected chi connectivity index (χ2v) is 6.81. The summed E-state index contributed by atoms with van der Waals surface area (Å²) < 4.78 is 13.3. The second-order valence-electron chi connectivity index (χ2n) is 5.64. The molecule has 2 aromatic rings. The summed E-state index contributed by atoms with van der Waals surface area (Å²) in [5, 5.41) is 0. The molecule has 5 heteroatoms. The lowest BCUT2D eigenvalue weighted by molar-refractivity contribution is -0.131. The van der Waals surface area contributed by atoms with Gasteiger partial charge in [-0.15, -0.1) is 11.3 Å². The molecule has 1 aromatic carbocycles. The van der Waals surface area contributed by atoms with Crippen LogP contribution in [0.3, 0.4) is 0 Å². The summed E-state index contributed by atoms with van der Waals surface area (Å²) in [5.74, 6) is -0.0540. The maximum atomic E-state index is 13.3. The van der Waals surface area contributed by atoms with E-state index in [2.05, 4.69) is 11.9 Å². The molecular formula is C17H19FN2OS. The SMILES string of the molecule is CN1CCN(C(=O)Cc2ccc(-c3cccc(F)c3)s2)CC1. The Kier molecular flexibility index (Phi) is 4.55. The fraction of sp³-hybridized carbons (Fsp3) is 0.353. The van der Waals surface area contributed by atoms with Gasteiger partial charge in [0.05, 0.1) is 6.42 Å². The monoisotopic (exact) mass is 318 g/mol. The van der Waals surface area contributed by atoms with Crippen LogP contribution in [0, 0.1) is 5.82 Å². The molecule has 1 aliphatic heterocycles. The minimum atomic E-state index is -0.235. The third-order valence-electron chi connectivity index (χ3n) is 3.95. The van der Waals surface area contributed by atoms with E-state index in [-0.39, 0.29) is 11.7 Å². The second kappa shape index (κ2) is 6.58. The molecule has 0 aliphatic carbocycles. The van der Waals surface area contributed by atoms with Gasteiger partial charge in [0, 0.05) is 35.9 Å². The number of rotatable bonds is 3. The Bertz CT molecular complexity index is 662. The Morgan fingerprint density at radius 2 is 1.95 bits per heavy atom. The van der Waals surface area contributed by atoms with Crippen LogP contribution in [0.25, 0.3) is 10.4 Å². The van der Waals surface area contributed by atoms with E-state index in [1.54, 1.807) is 17.4 Å². The van der Waals surface area contributed by atoms with Crippen LogP contribution in [-0.2, 0) is 11.2 Å². The Hall–Kier alpha value is -1.72. The molecule has 0 atom stereocenters. The van der Waals surface area contributed by atoms with Crippen LogP contribution in [0.4, 0.5) is 4.39 Å². The van der Waals surface area contributed by atoms with Gasteiger partial charge in [-0.3, -0.25) is 4.79 Å². The molecule has 1 amide bonds. The molecule has 0 spiro atoms. The topological polar surface area (TPSA) is 23.6 Å². The molecule has 0 unspecified atom stereocenters. The van der Waals surface area contributed by atoms with Gasteiger partial charge in [0.15, 0.2) is 0 Å². The number of likely N-dealkylation sites (N-methyl/N-ethyl adjacent to an activating group) is 1. The lowest BCUT2D eigenvalue weighted by Crippen LogP contribution is -2.47. The summed E-state index contributed by atoms with van der Waals surface area (Å²) >= 11 is 1.56. The zero-order chi connectivity index (χ0) is 15.5. The van der Waals surface area contributed by atoms with Crippen molar-refractivity contribution in [3.05, 3.63) is 47.1 Å². The van der Waals surface area contributed by atoms with Crippen LogP contribution in [-0.4, -0.2) is 48.9 Å². The van der Waals surface area contributed by atoms with Crippen LogP contribution >= 0.6 is 11.3 Å². The number of carbonyl (C=O) groups is 1. The molecule has 22 heavy (non-hydrogen) atoms. The van der Waals surface area contributed by atoms with Crippen molar-refractivity contribution in [2.24, 2.45) is 0 Å². The number of halogens is 1. The average molecular weight is 318 g/mol. The molecule has 0 saturated carbocycles. The molecule has 1 aliphatic rings. The summed E-state index contributed by atoms with van der Waals surface area (Å²) in [5.41, 5.74) is 0.864. The van der Waals surface area contributed by atoms with Gasteiger partial charge in [-0.25, -0.2) is 4.39 Å². The number of hydrogen-bond donors (Lipinski definition) is 0. The van der Waals surface area contributed by atoms with Gasteiger partial charge < -0.3 is 9.80 Å². The highest BCUT2D eigenvalue weighted by molar-refractivity contribution is 7.15. The number of thiophene rings is 1. The van der Waals surface area contributed by atoms with E-state index in [1.807, 2.05) is 23.1 Å². The Balaban J connectivity index is 1.65. The molecule has 0 bridgehead atoms. The van der Waals surface area contributed by atoms with Gasteiger partial charge in [0.1, 0.15) is 5.82 Å². The van der Waals surface area contributed by atoms with Crippen LogP contribution in [0.5, 0.6) is 0 Å². The molecule has 1 fully saturated rings. The number of hydrogen-bond acceptors (Lipinski definition) is 3. The molecule has 3 nitrogen and oxygen atoms in total. The molecule has 0 radical (unpaired) electrons. The minimum Gasteiger partial charge on any atom is -0.340 e. The van der Waals surface area contributed by atoms with Gasteiger partial charge in [-0.2, -0.15) is 0 Å². The fourth-order valence-electron chi connectivity index (χ4n) is 2.59. The highest BCUT2D eigenvalue weighted by Crippen LogP contribution is 2.29. The summed E-state index contributed by atoms with van der Waals surface area (Å²) in [6, 6.07) is 10.5. The standard InChI is InChI=1S/C17H19FN2OS/c1-19-7-9-20(10-8-19)17(21)12-15-5-6-16(22-15)13-3-2-4-14(18)11-13/h2-6,11H,7-10,12H2,1H3. The van der Waals surface area contributed by atoms with Crippen molar-refractivity contribution in [3.8, 4) is 10.4 Å². The maximum Gasteiger partial charge on any atom is 0.227 e. The first-order valence-corrected chi connectivity index (χ1v) is 8.24. The molecular weight excluding hydrogens is 299 g/mol. The molecule has 2 heterocycles. The maximum absolute atomic E-state index is 13.3. The first kappa shape index (κ1) is 15.2. The van der Waals surface area contributed by atoms with Gasteiger partial charge >= 0.3 is 0 Å². The summed E-state index contributed by atoms with van der Waals surface area (Å²) in [6.07, 6.45) is 0.434. The summed E-state index contributed by atoms with van der Waals surface area (Å²) in [7, 11) is 2.08.